The summed E-state index contributed by atoms with van der Waals surface area (Å²) in [5.74, 6) is 1.07. The molecule has 1 aliphatic heterocycles. The highest BCUT2D eigenvalue weighted by atomic mass is 16.5. The minimum Gasteiger partial charge on any atom is -0.493 e. The quantitative estimate of drug-likeness (QED) is 0.776. The molecular weight excluding hydrogens is 340 g/mol. The summed E-state index contributed by atoms with van der Waals surface area (Å²) in [6.07, 6.45) is 2.43. The third-order valence-corrected chi connectivity index (χ3v) is 4.96. The highest BCUT2D eigenvalue weighted by molar-refractivity contribution is 5.77. The van der Waals surface area contributed by atoms with E-state index in [1.165, 1.54) is 24.0 Å². The van der Waals surface area contributed by atoms with E-state index in [0.717, 1.165) is 13.1 Å². The maximum atomic E-state index is 12.3. The van der Waals surface area contributed by atoms with Gasteiger partial charge in [0.15, 0.2) is 18.1 Å². The fourth-order valence-corrected chi connectivity index (χ4v) is 3.44. The van der Waals surface area contributed by atoms with Gasteiger partial charge in [0.05, 0.1) is 13.2 Å². The Hall–Kier alpha value is -2.53. The molecular formula is C22H28N2O3. The van der Waals surface area contributed by atoms with Crippen LogP contribution in [-0.4, -0.2) is 44.2 Å². The van der Waals surface area contributed by atoms with Crippen LogP contribution in [0.25, 0.3) is 0 Å². The fraction of sp³-hybridized carbons (Fsp3) is 0.409. The van der Waals surface area contributed by atoms with Crippen LogP contribution in [0.4, 0.5) is 0 Å². The fourth-order valence-electron chi connectivity index (χ4n) is 3.44. The number of aryl methyl sites for hydroxylation is 1. The van der Waals surface area contributed by atoms with Crippen molar-refractivity contribution < 1.29 is 14.3 Å². The minimum atomic E-state index is -0.128. The molecule has 1 amide bonds. The van der Waals surface area contributed by atoms with Gasteiger partial charge in [-0.2, -0.15) is 0 Å². The zero-order chi connectivity index (χ0) is 19.1. The van der Waals surface area contributed by atoms with Crippen molar-refractivity contribution in [2.75, 3.05) is 33.4 Å². The zero-order valence-corrected chi connectivity index (χ0v) is 16.1. The molecule has 2 aromatic carbocycles. The molecule has 5 heteroatoms. The molecule has 0 aliphatic carbocycles. The minimum absolute atomic E-state index is 0.0268. The van der Waals surface area contributed by atoms with Gasteiger partial charge in [0.1, 0.15) is 0 Å². The smallest absolute Gasteiger partial charge is 0.258 e. The van der Waals surface area contributed by atoms with Crippen molar-refractivity contribution in [3.63, 3.8) is 0 Å². The third kappa shape index (κ3) is 5.23. The Kier molecular flexibility index (Phi) is 6.71. The predicted molar refractivity (Wildman–Crippen MR) is 106 cm³/mol. The van der Waals surface area contributed by atoms with Gasteiger partial charge in [-0.3, -0.25) is 9.69 Å². The first-order valence-electron chi connectivity index (χ1n) is 9.50. The summed E-state index contributed by atoms with van der Waals surface area (Å²) >= 11 is 0. The summed E-state index contributed by atoms with van der Waals surface area (Å²) in [4.78, 5) is 14.8. The number of hydrogen-bond donors (Lipinski definition) is 1. The molecule has 3 rings (SSSR count). The number of likely N-dealkylation sites (tertiary alicyclic amines) is 1. The summed E-state index contributed by atoms with van der Waals surface area (Å²) in [6, 6.07) is 16.1. The second kappa shape index (κ2) is 9.42. The molecule has 0 bridgehead atoms. The molecule has 0 aromatic heterocycles. The van der Waals surface area contributed by atoms with E-state index in [0.29, 0.717) is 18.0 Å². The summed E-state index contributed by atoms with van der Waals surface area (Å²) in [5.41, 5.74) is 2.49. The molecule has 1 heterocycles. The van der Waals surface area contributed by atoms with E-state index in [9.17, 15) is 4.79 Å². The Bertz CT molecular complexity index is 739. The number of para-hydroxylation sites is 2. The van der Waals surface area contributed by atoms with Crippen LogP contribution in [0.1, 0.15) is 30.0 Å². The van der Waals surface area contributed by atoms with Crippen LogP contribution < -0.4 is 14.8 Å². The summed E-state index contributed by atoms with van der Waals surface area (Å²) in [7, 11) is 1.59. The van der Waals surface area contributed by atoms with E-state index in [-0.39, 0.29) is 18.6 Å². The summed E-state index contributed by atoms with van der Waals surface area (Å²) in [5, 5.41) is 3.03. The average Bonchev–Trinajstić information content (AvgIpc) is 3.22. The van der Waals surface area contributed by atoms with Crippen molar-refractivity contribution in [3.05, 3.63) is 59.7 Å². The molecule has 1 N–H and O–H groups in total. The molecule has 0 saturated carbocycles. The van der Waals surface area contributed by atoms with Gasteiger partial charge >= 0.3 is 0 Å². The highest BCUT2D eigenvalue weighted by Gasteiger charge is 2.24. The first-order chi connectivity index (χ1) is 13.2. The molecule has 0 unspecified atom stereocenters. The molecule has 1 atom stereocenters. The zero-order valence-electron chi connectivity index (χ0n) is 16.1. The van der Waals surface area contributed by atoms with Crippen molar-refractivity contribution >= 4 is 5.91 Å². The molecule has 1 aliphatic rings. The number of amides is 1. The lowest BCUT2D eigenvalue weighted by atomic mass is 10.0. The Morgan fingerprint density at radius 2 is 1.74 bits per heavy atom. The lowest BCUT2D eigenvalue weighted by molar-refractivity contribution is -0.123. The van der Waals surface area contributed by atoms with Crippen LogP contribution in [0.3, 0.4) is 0 Å². The molecule has 2 aromatic rings. The number of nitrogens with one attached hydrogen (secondary N) is 1. The molecule has 144 valence electrons. The summed E-state index contributed by atoms with van der Waals surface area (Å²) < 4.78 is 10.9. The number of carbonyl (C=O) groups excluding carboxylic acids is 1. The molecule has 0 spiro atoms. The lowest BCUT2D eigenvalue weighted by Gasteiger charge is -2.28. The standard InChI is InChI=1S/C22H28N2O3/c1-17-9-11-18(12-10-17)19(24-13-5-6-14-24)15-23-22(25)16-27-21-8-4-3-7-20(21)26-2/h3-4,7-12,19H,5-6,13-16H2,1-2H3,(H,23,25)/t19-/m1/s1. The first-order valence-corrected chi connectivity index (χ1v) is 9.50. The van der Waals surface area contributed by atoms with E-state index in [1.807, 2.05) is 18.2 Å². The van der Waals surface area contributed by atoms with Crippen molar-refractivity contribution in [2.45, 2.75) is 25.8 Å². The molecule has 1 saturated heterocycles. The topological polar surface area (TPSA) is 50.8 Å². The largest absolute Gasteiger partial charge is 0.493 e. The first kappa shape index (κ1) is 19.2. The molecule has 0 radical (unpaired) electrons. The van der Waals surface area contributed by atoms with Gasteiger partial charge in [-0.15, -0.1) is 0 Å². The van der Waals surface area contributed by atoms with Crippen LogP contribution in [0.2, 0.25) is 0 Å². The Morgan fingerprint density at radius 3 is 2.41 bits per heavy atom. The molecule has 27 heavy (non-hydrogen) atoms. The SMILES string of the molecule is COc1ccccc1OCC(=O)NC[C@H](c1ccc(C)cc1)N1CCCC1. The van der Waals surface area contributed by atoms with Gasteiger partial charge in [-0.1, -0.05) is 42.0 Å². The van der Waals surface area contributed by atoms with Gasteiger partial charge in [0.2, 0.25) is 0 Å². The van der Waals surface area contributed by atoms with Crippen molar-refractivity contribution in [1.82, 2.24) is 10.2 Å². The van der Waals surface area contributed by atoms with Crippen LogP contribution in [-0.2, 0) is 4.79 Å². The van der Waals surface area contributed by atoms with Crippen LogP contribution in [0, 0.1) is 6.92 Å². The average molecular weight is 368 g/mol. The van der Waals surface area contributed by atoms with Crippen molar-refractivity contribution in [2.24, 2.45) is 0 Å². The van der Waals surface area contributed by atoms with Crippen LogP contribution in [0.5, 0.6) is 11.5 Å². The van der Waals surface area contributed by atoms with Gasteiger partial charge in [-0.25, -0.2) is 0 Å². The van der Waals surface area contributed by atoms with Gasteiger partial charge in [-0.05, 0) is 50.6 Å². The van der Waals surface area contributed by atoms with E-state index in [1.54, 1.807) is 13.2 Å². The van der Waals surface area contributed by atoms with E-state index < -0.39 is 0 Å². The number of benzene rings is 2. The predicted octanol–water partition coefficient (Wildman–Crippen LogP) is 3.34. The number of carbonyl (C=O) groups is 1. The van der Waals surface area contributed by atoms with E-state index >= 15 is 0 Å². The normalized spacial score (nSPS) is 15.3. The Balaban J connectivity index is 1.57. The van der Waals surface area contributed by atoms with Gasteiger partial charge in [0.25, 0.3) is 5.91 Å². The second-order valence-corrected chi connectivity index (χ2v) is 6.91. The number of hydrogen-bond acceptors (Lipinski definition) is 4. The lowest BCUT2D eigenvalue weighted by Crippen LogP contribution is -2.38. The maximum absolute atomic E-state index is 12.3. The van der Waals surface area contributed by atoms with E-state index in [2.05, 4.69) is 41.4 Å². The van der Waals surface area contributed by atoms with Crippen LogP contribution in [0.15, 0.2) is 48.5 Å². The van der Waals surface area contributed by atoms with Crippen molar-refractivity contribution in [3.8, 4) is 11.5 Å². The van der Waals surface area contributed by atoms with Gasteiger partial charge < -0.3 is 14.8 Å². The van der Waals surface area contributed by atoms with Gasteiger partial charge in [0, 0.05) is 6.54 Å². The Labute approximate surface area is 161 Å². The van der Waals surface area contributed by atoms with E-state index in [4.69, 9.17) is 9.47 Å². The number of rotatable bonds is 8. The number of methoxy groups -OCH3 is 1. The maximum Gasteiger partial charge on any atom is 0.258 e. The highest BCUT2D eigenvalue weighted by Crippen LogP contribution is 2.26. The molecule has 5 nitrogen and oxygen atoms in total. The number of nitrogens with zero attached hydrogens (tertiary/aromatic N) is 1. The molecule has 1 fully saturated rings. The summed E-state index contributed by atoms with van der Waals surface area (Å²) in [6.45, 7) is 4.79. The Morgan fingerprint density at radius 1 is 1.07 bits per heavy atom. The number of ether oxygens (including phenoxy) is 2. The van der Waals surface area contributed by atoms with Crippen LogP contribution >= 0.6 is 0 Å². The van der Waals surface area contributed by atoms with Crippen molar-refractivity contribution in [1.29, 1.82) is 0 Å². The monoisotopic (exact) mass is 368 g/mol. The second-order valence-electron chi connectivity index (χ2n) is 6.91. The third-order valence-electron chi connectivity index (χ3n) is 4.96.